The highest BCUT2D eigenvalue weighted by Crippen LogP contribution is 2.31. The molecule has 2 nitrogen and oxygen atoms in total. The molecule has 0 amide bonds. The summed E-state index contributed by atoms with van der Waals surface area (Å²) < 4.78 is 0. The van der Waals surface area contributed by atoms with Crippen molar-refractivity contribution in [1.82, 2.24) is 5.32 Å². The van der Waals surface area contributed by atoms with Crippen molar-refractivity contribution in [2.75, 3.05) is 11.9 Å². The van der Waals surface area contributed by atoms with Crippen molar-refractivity contribution in [2.24, 2.45) is 0 Å². The lowest BCUT2D eigenvalue weighted by Crippen LogP contribution is -2.34. The second-order valence-electron chi connectivity index (χ2n) is 5.00. The van der Waals surface area contributed by atoms with Crippen LogP contribution in [0.25, 0.3) is 0 Å². The molecule has 1 aromatic rings. The number of fused-ring (bicyclic) bond motifs is 1. The summed E-state index contributed by atoms with van der Waals surface area (Å²) in [5, 5.41) is 7.31. The van der Waals surface area contributed by atoms with Crippen LogP contribution in [0, 0.1) is 0 Å². The first-order valence-electron chi connectivity index (χ1n) is 6.52. The van der Waals surface area contributed by atoms with Crippen molar-refractivity contribution >= 4 is 5.69 Å². The van der Waals surface area contributed by atoms with Gasteiger partial charge < -0.3 is 10.6 Å². The number of anilines is 1. The lowest BCUT2D eigenvalue weighted by atomic mass is 9.97. The van der Waals surface area contributed by atoms with Crippen molar-refractivity contribution < 1.29 is 0 Å². The average Bonchev–Trinajstić information content (AvgIpc) is 2.82. The second kappa shape index (κ2) is 4.46. The molecule has 2 aliphatic rings. The highest BCUT2D eigenvalue weighted by Gasteiger charge is 2.23. The largest absolute Gasteiger partial charge is 0.385 e. The fraction of sp³-hybridized carbons (Fsp3) is 0.571. The van der Waals surface area contributed by atoms with Crippen LogP contribution in [0.4, 0.5) is 5.69 Å². The number of para-hydroxylation sites is 1. The molecule has 0 bridgehead atoms. The molecule has 86 valence electrons. The van der Waals surface area contributed by atoms with Crippen LogP contribution in [0.15, 0.2) is 24.3 Å². The summed E-state index contributed by atoms with van der Waals surface area (Å²) in [6, 6.07) is 10.0. The van der Waals surface area contributed by atoms with Crippen LogP contribution in [0.5, 0.6) is 0 Å². The lowest BCUT2D eigenvalue weighted by molar-refractivity contribution is 0.421. The van der Waals surface area contributed by atoms with E-state index in [0.717, 1.165) is 12.6 Å². The Labute approximate surface area is 97.4 Å². The summed E-state index contributed by atoms with van der Waals surface area (Å²) in [6.45, 7) is 1.10. The molecule has 1 aliphatic carbocycles. The van der Waals surface area contributed by atoms with E-state index in [9.17, 15) is 0 Å². The van der Waals surface area contributed by atoms with Crippen molar-refractivity contribution in [3.05, 3.63) is 29.8 Å². The Morgan fingerprint density at radius 3 is 2.75 bits per heavy atom. The van der Waals surface area contributed by atoms with Crippen LogP contribution < -0.4 is 10.6 Å². The molecule has 1 atom stereocenters. The fourth-order valence-corrected chi connectivity index (χ4v) is 3.02. The van der Waals surface area contributed by atoms with E-state index in [1.54, 1.807) is 0 Å². The summed E-state index contributed by atoms with van der Waals surface area (Å²) >= 11 is 0. The molecule has 16 heavy (non-hydrogen) atoms. The van der Waals surface area contributed by atoms with E-state index in [4.69, 9.17) is 0 Å². The average molecular weight is 216 g/mol. The molecular formula is C14H20N2. The van der Waals surface area contributed by atoms with Gasteiger partial charge in [-0.05, 0) is 30.9 Å². The van der Waals surface area contributed by atoms with Gasteiger partial charge in [0.15, 0.2) is 0 Å². The summed E-state index contributed by atoms with van der Waals surface area (Å²) in [5.74, 6) is 0. The molecule has 2 N–H and O–H groups in total. The molecule has 1 heterocycles. The summed E-state index contributed by atoms with van der Waals surface area (Å²) in [4.78, 5) is 0. The summed E-state index contributed by atoms with van der Waals surface area (Å²) in [7, 11) is 0. The van der Waals surface area contributed by atoms with E-state index in [2.05, 4.69) is 34.9 Å². The van der Waals surface area contributed by atoms with E-state index < -0.39 is 0 Å². The lowest BCUT2D eigenvalue weighted by Gasteiger charge is -2.30. The van der Waals surface area contributed by atoms with Gasteiger partial charge in [0.05, 0.1) is 0 Å². The normalized spacial score (nSPS) is 25.1. The Morgan fingerprint density at radius 1 is 1.06 bits per heavy atom. The van der Waals surface area contributed by atoms with Gasteiger partial charge >= 0.3 is 0 Å². The van der Waals surface area contributed by atoms with E-state index in [0.29, 0.717) is 6.04 Å². The smallest absolute Gasteiger partial charge is 0.0388 e. The van der Waals surface area contributed by atoms with Crippen molar-refractivity contribution in [3.63, 3.8) is 0 Å². The molecular weight excluding hydrogens is 196 g/mol. The molecule has 0 spiro atoms. The van der Waals surface area contributed by atoms with Gasteiger partial charge in [-0.3, -0.25) is 0 Å². The van der Waals surface area contributed by atoms with Gasteiger partial charge in [-0.2, -0.15) is 0 Å². The van der Waals surface area contributed by atoms with Crippen molar-refractivity contribution in [2.45, 2.75) is 44.2 Å². The summed E-state index contributed by atoms with van der Waals surface area (Å²) in [5.41, 5.74) is 2.78. The zero-order valence-electron chi connectivity index (χ0n) is 9.71. The SMILES string of the molecule is c1ccc2c(c1)NCCC2NC1CCCC1. The Balaban J connectivity index is 1.76. The number of hydrogen-bond donors (Lipinski definition) is 2. The molecule has 0 radical (unpaired) electrons. The second-order valence-corrected chi connectivity index (χ2v) is 5.00. The standard InChI is InChI=1S/C14H20N2/c1-2-6-11(5-1)16-14-9-10-15-13-8-4-3-7-12(13)14/h3-4,7-8,11,14-16H,1-2,5-6,9-10H2. The van der Waals surface area contributed by atoms with Crippen molar-refractivity contribution in [3.8, 4) is 0 Å². The highest BCUT2D eigenvalue weighted by atomic mass is 15.0. The number of rotatable bonds is 2. The molecule has 1 saturated carbocycles. The minimum atomic E-state index is 0.570. The number of benzene rings is 1. The fourth-order valence-electron chi connectivity index (χ4n) is 3.02. The third kappa shape index (κ3) is 1.94. The Bertz CT molecular complexity index is 356. The summed E-state index contributed by atoms with van der Waals surface area (Å²) in [6.07, 6.45) is 6.76. The van der Waals surface area contributed by atoms with Crippen molar-refractivity contribution in [1.29, 1.82) is 0 Å². The van der Waals surface area contributed by atoms with Gasteiger partial charge in [-0.1, -0.05) is 31.0 Å². The first-order chi connectivity index (χ1) is 7.93. The van der Waals surface area contributed by atoms with Crippen LogP contribution >= 0.6 is 0 Å². The number of nitrogens with one attached hydrogen (secondary N) is 2. The quantitative estimate of drug-likeness (QED) is 0.794. The first-order valence-corrected chi connectivity index (χ1v) is 6.52. The monoisotopic (exact) mass is 216 g/mol. The van der Waals surface area contributed by atoms with E-state index in [1.807, 2.05) is 0 Å². The number of hydrogen-bond acceptors (Lipinski definition) is 2. The molecule has 3 rings (SSSR count). The van der Waals surface area contributed by atoms with Gasteiger partial charge in [0.2, 0.25) is 0 Å². The first kappa shape index (κ1) is 10.2. The van der Waals surface area contributed by atoms with E-state index in [-0.39, 0.29) is 0 Å². The van der Waals surface area contributed by atoms with Gasteiger partial charge in [0.1, 0.15) is 0 Å². The van der Waals surface area contributed by atoms with E-state index >= 15 is 0 Å². The zero-order valence-corrected chi connectivity index (χ0v) is 9.71. The topological polar surface area (TPSA) is 24.1 Å². The zero-order chi connectivity index (χ0) is 10.8. The molecule has 1 unspecified atom stereocenters. The molecule has 1 aliphatic heterocycles. The van der Waals surface area contributed by atoms with Crippen LogP contribution in [-0.2, 0) is 0 Å². The minimum absolute atomic E-state index is 0.570. The predicted molar refractivity (Wildman–Crippen MR) is 67.7 cm³/mol. The van der Waals surface area contributed by atoms with Crippen LogP contribution in [-0.4, -0.2) is 12.6 Å². The molecule has 1 aromatic carbocycles. The Hall–Kier alpha value is -1.02. The molecule has 0 aromatic heterocycles. The predicted octanol–water partition coefficient (Wildman–Crippen LogP) is 3.08. The molecule has 0 saturated heterocycles. The van der Waals surface area contributed by atoms with Gasteiger partial charge in [0, 0.05) is 24.3 Å². The highest BCUT2D eigenvalue weighted by molar-refractivity contribution is 5.54. The van der Waals surface area contributed by atoms with Gasteiger partial charge in [0.25, 0.3) is 0 Å². The maximum atomic E-state index is 3.83. The Morgan fingerprint density at radius 2 is 1.88 bits per heavy atom. The van der Waals surface area contributed by atoms with E-state index in [1.165, 1.54) is 43.4 Å². The minimum Gasteiger partial charge on any atom is -0.385 e. The maximum absolute atomic E-state index is 3.83. The third-order valence-electron chi connectivity index (χ3n) is 3.88. The van der Waals surface area contributed by atoms with Crippen LogP contribution in [0.2, 0.25) is 0 Å². The van der Waals surface area contributed by atoms with Crippen LogP contribution in [0.1, 0.15) is 43.7 Å². The third-order valence-corrected chi connectivity index (χ3v) is 3.88. The Kier molecular flexibility index (Phi) is 2.83. The van der Waals surface area contributed by atoms with Crippen LogP contribution in [0.3, 0.4) is 0 Å². The molecule has 2 heteroatoms. The van der Waals surface area contributed by atoms with Gasteiger partial charge in [-0.25, -0.2) is 0 Å². The van der Waals surface area contributed by atoms with Gasteiger partial charge in [-0.15, -0.1) is 0 Å². The molecule has 1 fully saturated rings. The maximum Gasteiger partial charge on any atom is 0.0388 e.